The Bertz CT molecular complexity index is 589. The Morgan fingerprint density at radius 3 is 3.05 bits per heavy atom. The number of carbonyl (C=O) groups excluding carboxylic acids is 1. The highest BCUT2D eigenvalue weighted by atomic mass is 32.1. The molecule has 0 aromatic carbocycles. The topological polar surface area (TPSA) is 46.3 Å². The number of rotatable bonds is 3. The second kappa shape index (κ2) is 5.40. The molecular formula is C15H18N2O2S. The largest absolute Gasteiger partial charge is 0.361 e. The summed E-state index contributed by atoms with van der Waals surface area (Å²) in [5, 5.41) is 6.10. The summed E-state index contributed by atoms with van der Waals surface area (Å²) in [5.74, 6) is 1.31. The normalized spacial score (nSPS) is 18.9. The molecule has 0 aliphatic carbocycles. The molecule has 3 rings (SSSR count). The maximum absolute atomic E-state index is 12.5. The summed E-state index contributed by atoms with van der Waals surface area (Å²) < 4.78 is 5.37. The van der Waals surface area contributed by atoms with Crippen molar-refractivity contribution in [2.45, 2.75) is 38.6 Å². The zero-order valence-electron chi connectivity index (χ0n) is 11.7. The average Bonchev–Trinajstić information content (AvgIpc) is 3.17. The fraction of sp³-hybridized carbons (Fsp3) is 0.467. The first-order valence-corrected chi connectivity index (χ1v) is 7.85. The minimum Gasteiger partial charge on any atom is -0.361 e. The third-order valence-corrected chi connectivity index (χ3v) is 4.56. The Morgan fingerprint density at radius 2 is 2.40 bits per heavy atom. The van der Waals surface area contributed by atoms with Crippen molar-refractivity contribution >= 4 is 17.2 Å². The standard InChI is InChI=1S/C15H18N2O2S/c1-10(2)13-9-11(16-19-13)12-5-3-7-17(12)15(18)14-6-4-8-20-14/h4,6,8-10,12H,3,5,7H2,1-2H3/t12-/m1/s1. The molecule has 1 amide bonds. The SMILES string of the molecule is CC(C)c1cc([C@H]2CCCN2C(=O)c2cccs2)no1. The monoisotopic (exact) mass is 290 g/mol. The van der Waals surface area contributed by atoms with Crippen LogP contribution in [0.1, 0.15) is 59.8 Å². The zero-order valence-corrected chi connectivity index (χ0v) is 12.5. The summed E-state index contributed by atoms with van der Waals surface area (Å²) in [7, 11) is 0. The highest BCUT2D eigenvalue weighted by Crippen LogP contribution is 2.34. The van der Waals surface area contributed by atoms with Gasteiger partial charge in [0.2, 0.25) is 0 Å². The van der Waals surface area contributed by atoms with Gasteiger partial charge in [0.25, 0.3) is 5.91 Å². The molecule has 0 unspecified atom stereocenters. The van der Waals surface area contributed by atoms with Crippen LogP contribution in [0.15, 0.2) is 28.1 Å². The molecule has 1 saturated heterocycles. The van der Waals surface area contributed by atoms with E-state index in [1.807, 2.05) is 28.5 Å². The first kappa shape index (κ1) is 13.4. The predicted octanol–water partition coefficient (Wildman–Crippen LogP) is 3.84. The maximum Gasteiger partial charge on any atom is 0.264 e. The smallest absolute Gasteiger partial charge is 0.264 e. The van der Waals surface area contributed by atoms with E-state index in [0.29, 0.717) is 5.92 Å². The quantitative estimate of drug-likeness (QED) is 0.863. The van der Waals surface area contributed by atoms with Gasteiger partial charge in [0, 0.05) is 18.5 Å². The lowest BCUT2D eigenvalue weighted by Gasteiger charge is -2.22. The molecule has 106 valence electrons. The van der Waals surface area contributed by atoms with E-state index < -0.39 is 0 Å². The van der Waals surface area contributed by atoms with Crippen LogP contribution in [0.5, 0.6) is 0 Å². The average molecular weight is 290 g/mol. The van der Waals surface area contributed by atoms with Crippen molar-refractivity contribution in [3.05, 3.63) is 39.9 Å². The molecular weight excluding hydrogens is 272 g/mol. The molecule has 20 heavy (non-hydrogen) atoms. The second-order valence-corrected chi connectivity index (χ2v) is 6.39. The van der Waals surface area contributed by atoms with Gasteiger partial charge in [-0.15, -0.1) is 11.3 Å². The molecule has 1 fully saturated rings. The van der Waals surface area contributed by atoms with Crippen LogP contribution in [0.3, 0.4) is 0 Å². The first-order chi connectivity index (χ1) is 9.66. The van der Waals surface area contributed by atoms with Crippen molar-refractivity contribution in [1.29, 1.82) is 0 Å². The molecule has 0 N–H and O–H groups in total. The Morgan fingerprint density at radius 1 is 1.55 bits per heavy atom. The fourth-order valence-corrected chi connectivity index (χ4v) is 3.27. The van der Waals surface area contributed by atoms with E-state index in [2.05, 4.69) is 19.0 Å². The third kappa shape index (κ3) is 2.38. The summed E-state index contributed by atoms with van der Waals surface area (Å²) in [6.07, 6.45) is 1.98. The molecule has 0 saturated carbocycles. The number of aromatic nitrogens is 1. The van der Waals surface area contributed by atoms with Crippen LogP contribution in [0.2, 0.25) is 0 Å². The Labute approximate surface area is 122 Å². The van der Waals surface area contributed by atoms with E-state index in [1.54, 1.807) is 0 Å². The van der Waals surface area contributed by atoms with E-state index in [0.717, 1.165) is 35.7 Å². The zero-order chi connectivity index (χ0) is 14.1. The van der Waals surface area contributed by atoms with Crippen LogP contribution in [-0.2, 0) is 0 Å². The highest BCUT2D eigenvalue weighted by molar-refractivity contribution is 7.12. The molecule has 0 bridgehead atoms. The van der Waals surface area contributed by atoms with Crippen LogP contribution in [-0.4, -0.2) is 22.5 Å². The molecule has 1 aliphatic rings. The third-order valence-electron chi connectivity index (χ3n) is 3.70. The van der Waals surface area contributed by atoms with E-state index in [9.17, 15) is 4.79 Å². The van der Waals surface area contributed by atoms with Gasteiger partial charge in [-0.05, 0) is 24.3 Å². The van der Waals surface area contributed by atoms with Crippen LogP contribution >= 0.6 is 11.3 Å². The first-order valence-electron chi connectivity index (χ1n) is 6.98. The van der Waals surface area contributed by atoms with E-state index in [-0.39, 0.29) is 11.9 Å². The van der Waals surface area contributed by atoms with Crippen molar-refractivity contribution in [3.63, 3.8) is 0 Å². The van der Waals surface area contributed by atoms with Crippen molar-refractivity contribution in [3.8, 4) is 0 Å². The molecule has 1 atom stereocenters. The summed E-state index contributed by atoms with van der Waals surface area (Å²) in [4.78, 5) is 15.2. The van der Waals surface area contributed by atoms with Crippen LogP contribution < -0.4 is 0 Å². The summed E-state index contributed by atoms with van der Waals surface area (Å²) in [6.45, 7) is 4.95. The minimum absolute atomic E-state index is 0.0563. The fourth-order valence-electron chi connectivity index (χ4n) is 2.59. The lowest BCUT2D eigenvalue weighted by molar-refractivity contribution is 0.0735. The minimum atomic E-state index is 0.0563. The molecule has 1 aliphatic heterocycles. The molecule has 2 aromatic heterocycles. The van der Waals surface area contributed by atoms with Gasteiger partial charge >= 0.3 is 0 Å². The van der Waals surface area contributed by atoms with Gasteiger partial charge in [-0.3, -0.25) is 4.79 Å². The van der Waals surface area contributed by atoms with Crippen molar-refractivity contribution < 1.29 is 9.32 Å². The molecule has 2 aromatic rings. The molecule has 4 nitrogen and oxygen atoms in total. The number of nitrogens with zero attached hydrogens (tertiary/aromatic N) is 2. The highest BCUT2D eigenvalue weighted by Gasteiger charge is 2.33. The molecule has 3 heterocycles. The predicted molar refractivity (Wildman–Crippen MR) is 77.9 cm³/mol. The van der Waals surface area contributed by atoms with Crippen molar-refractivity contribution in [2.75, 3.05) is 6.54 Å². The van der Waals surface area contributed by atoms with Gasteiger partial charge in [0.05, 0.1) is 10.9 Å². The van der Waals surface area contributed by atoms with Gasteiger partial charge in [-0.1, -0.05) is 25.1 Å². The second-order valence-electron chi connectivity index (χ2n) is 5.44. The van der Waals surface area contributed by atoms with Gasteiger partial charge < -0.3 is 9.42 Å². The van der Waals surface area contributed by atoms with Gasteiger partial charge in [-0.25, -0.2) is 0 Å². The van der Waals surface area contributed by atoms with Crippen LogP contribution in [0.4, 0.5) is 0 Å². The molecule has 5 heteroatoms. The molecule has 0 spiro atoms. The van der Waals surface area contributed by atoms with E-state index in [4.69, 9.17) is 4.52 Å². The number of amides is 1. The van der Waals surface area contributed by atoms with Crippen molar-refractivity contribution in [2.24, 2.45) is 0 Å². The maximum atomic E-state index is 12.5. The number of hydrogen-bond acceptors (Lipinski definition) is 4. The summed E-state index contributed by atoms with van der Waals surface area (Å²) >= 11 is 1.49. The summed E-state index contributed by atoms with van der Waals surface area (Å²) in [6, 6.07) is 5.84. The number of thiophene rings is 1. The van der Waals surface area contributed by atoms with Gasteiger partial charge in [0.15, 0.2) is 0 Å². The van der Waals surface area contributed by atoms with Crippen LogP contribution in [0.25, 0.3) is 0 Å². The Hall–Kier alpha value is -1.62. The Balaban J connectivity index is 1.83. The van der Waals surface area contributed by atoms with E-state index >= 15 is 0 Å². The number of hydrogen-bond donors (Lipinski definition) is 0. The Kier molecular flexibility index (Phi) is 3.61. The van der Waals surface area contributed by atoms with Gasteiger partial charge in [0.1, 0.15) is 11.5 Å². The van der Waals surface area contributed by atoms with E-state index in [1.165, 1.54) is 11.3 Å². The lowest BCUT2D eigenvalue weighted by Crippen LogP contribution is -2.30. The van der Waals surface area contributed by atoms with Crippen LogP contribution in [0, 0.1) is 0 Å². The van der Waals surface area contributed by atoms with Gasteiger partial charge in [-0.2, -0.15) is 0 Å². The lowest BCUT2D eigenvalue weighted by atomic mass is 10.1. The number of likely N-dealkylation sites (tertiary alicyclic amines) is 1. The summed E-state index contributed by atoms with van der Waals surface area (Å²) in [5.41, 5.74) is 0.885. The molecule has 0 radical (unpaired) electrons. The number of carbonyl (C=O) groups is 1. The van der Waals surface area contributed by atoms with Crippen molar-refractivity contribution in [1.82, 2.24) is 10.1 Å².